The summed E-state index contributed by atoms with van der Waals surface area (Å²) in [6, 6.07) is 8.90. The van der Waals surface area contributed by atoms with E-state index in [4.69, 9.17) is 14.1 Å². The number of nitrogens with one attached hydrogen (secondary N) is 2. The first kappa shape index (κ1) is 24.6. The Morgan fingerprint density at radius 3 is 2.47 bits per heavy atom. The van der Waals surface area contributed by atoms with E-state index >= 15 is 0 Å². The van der Waals surface area contributed by atoms with Gasteiger partial charge in [-0.25, -0.2) is 9.38 Å². The standard InChI is InChI=1S/C22H31FN4O2.HI/c1-4-24-22(25-14-19-13-16(2)29-17(19)3)26-15-21(27-9-11-28-12-10-27)18-5-7-20(23)8-6-18;/h5-8,13,21H,4,9-12,14-15H2,1-3H3,(H2,24,25,26);1H. The maximum absolute atomic E-state index is 13.4. The molecule has 3 rings (SSSR count). The summed E-state index contributed by atoms with van der Waals surface area (Å²) in [5, 5.41) is 6.76. The fraction of sp³-hybridized carbons (Fsp3) is 0.500. The molecule has 166 valence electrons. The molecule has 1 atom stereocenters. The third kappa shape index (κ3) is 6.95. The van der Waals surface area contributed by atoms with Crippen LogP contribution in [-0.2, 0) is 11.3 Å². The van der Waals surface area contributed by atoms with Gasteiger partial charge in [0.25, 0.3) is 0 Å². The molecule has 2 aromatic rings. The smallest absolute Gasteiger partial charge is 0.191 e. The first-order chi connectivity index (χ1) is 14.1. The van der Waals surface area contributed by atoms with Crippen LogP contribution in [0.15, 0.2) is 39.7 Å². The fourth-order valence-electron chi connectivity index (χ4n) is 3.57. The molecular weight excluding hydrogens is 498 g/mol. The van der Waals surface area contributed by atoms with Gasteiger partial charge < -0.3 is 19.8 Å². The molecule has 6 nitrogen and oxygen atoms in total. The Balaban J connectivity index is 0.00000320. The maximum Gasteiger partial charge on any atom is 0.191 e. The minimum Gasteiger partial charge on any atom is -0.466 e. The second-order valence-corrected chi connectivity index (χ2v) is 7.23. The molecule has 1 aromatic heterocycles. The van der Waals surface area contributed by atoms with Crippen molar-refractivity contribution in [1.29, 1.82) is 0 Å². The molecule has 8 heteroatoms. The van der Waals surface area contributed by atoms with Crippen molar-refractivity contribution in [2.24, 2.45) is 4.99 Å². The van der Waals surface area contributed by atoms with Crippen molar-refractivity contribution in [3.8, 4) is 0 Å². The summed E-state index contributed by atoms with van der Waals surface area (Å²) >= 11 is 0. The summed E-state index contributed by atoms with van der Waals surface area (Å²) in [6.07, 6.45) is 0. The number of rotatable bonds is 7. The lowest BCUT2D eigenvalue weighted by Gasteiger charge is -2.35. The molecule has 0 amide bonds. The highest BCUT2D eigenvalue weighted by Crippen LogP contribution is 2.22. The number of aryl methyl sites for hydroxylation is 2. The molecule has 0 bridgehead atoms. The van der Waals surface area contributed by atoms with Crippen molar-refractivity contribution in [2.75, 3.05) is 39.4 Å². The second-order valence-electron chi connectivity index (χ2n) is 7.23. The third-order valence-corrected chi connectivity index (χ3v) is 5.10. The average Bonchev–Trinajstić information content (AvgIpc) is 3.05. The van der Waals surface area contributed by atoms with Gasteiger partial charge in [0.15, 0.2) is 5.96 Å². The lowest BCUT2D eigenvalue weighted by atomic mass is 10.0. The van der Waals surface area contributed by atoms with Gasteiger partial charge in [-0.2, -0.15) is 0 Å². The van der Waals surface area contributed by atoms with E-state index in [-0.39, 0.29) is 35.8 Å². The molecular formula is C22H32FIN4O2. The normalized spacial score (nSPS) is 16.1. The van der Waals surface area contributed by atoms with Crippen LogP contribution in [0.4, 0.5) is 4.39 Å². The summed E-state index contributed by atoms with van der Waals surface area (Å²) in [5.41, 5.74) is 2.17. The zero-order chi connectivity index (χ0) is 20.6. The van der Waals surface area contributed by atoms with Crippen molar-refractivity contribution in [1.82, 2.24) is 15.5 Å². The van der Waals surface area contributed by atoms with Crippen LogP contribution in [0.25, 0.3) is 0 Å². The van der Waals surface area contributed by atoms with Crippen LogP contribution >= 0.6 is 24.0 Å². The summed E-state index contributed by atoms with van der Waals surface area (Å²) in [5.74, 6) is 2.34. The van der Waals surface area contributed by atoms with E-state index in [1.54, 1.807) is 0 Å². The number of hydrogen-bond acceptors (Lipinski definition) is 4. The van der Waals surface area contributed by atoms with E-state index < -0.39 is 0 Å². The van der Waals surface area contributed by atoms with Crippen LogP contribution in [0.5, 0.6) is 0 Å². The van der Waals surface area contributed by atoms with E-state index in [1.165, 1.54) is 12.1 Å². The molecule has 2 heterocycles. The Morgan fingerprint density at radius 1 is 1.17 bits per heavy atom. The van der Waals surface area contributed by atoms with Crippen LogP contribution < -0.4 is 10.6 Å². The number of guanidine groups is 1. The molecule has 1 aromatic carbocycles. The monoisotopic (exact) mass is 530 g/mol. The Kier molecular flexibility index (Phi) is 10.1. The average molecular weight is 530 g/mol. The zero-order valence-corrected chi connectivity index (χ0v) is 20.2. The lowest BCUT2D eigenvalue weighted by molar-refractivity contribution is 0.0170. The zero-order valence-electron chi connectivity index (χ0n) is 17.9. The number of hydrogen-bond donors (Lipinski definition) is 2. The number of ether oxygens (including phenoxy) is 1. The van der Waals surface area contributed by atoms with Crippen molar-refractivity contribution in [3.63, 3.8) is 0 Å². The van der Waals surface area contributed by atoms with Crippen LogP contribution in [0.2, 0.25) is 0 Å². The predicted octanol–water partition coefficient (Wildman–Crippen LogP) is 3.78. The van der Waals surface area contributed by atoms with Crippen molar-refractivity contribution in [2.45, 2.75) is 33.4 Å². The SMILES string of the molecule is CCNC(=NCc1cc(C)oc1C)NCC(c1ccc(F)cc1)N1CCOCC1.I. The van der Waals surface area contributed by atoms with Crippen LogP contribution in [0.3, 0.4) is 0 Å². The fourth-order valence-corrected chi connectivity index (χ4v) is 3.57. The van der Waals surface area contributed by atoms with E-state index in [0.29, 0.717) is 26.3 Å². The number of aliphatic imine (C=N–C) groups is 1. The molecule has 30 heavy (non-hydrogen) atoms. The van der Waals surface area contributed by atoms with Crippen molar-refractivity contribution >= 4 is 29.9 Å². The molecule has 0 spiro atoms. The first-order valence-electron chi connectivity index (χ1n) is 10.2. The summed E-state index contributed by atoms with van der Waals surface area (Å²) in [7, 11) is 0. The Morgan fingerprint density at radius 2 is 1.87 bits per heavy atom. The van der Waals surface area contributed by atoms with Gasteiger partial charge in [0.05, 0.1) is 25.8 Å². The summed E-state index contributed by atoms with van der Waals surface area (Å²) < 4.78 is 24.5. The van der Waals surface area contributed by atoms with Crippen molar-refractivity contribution in [3.05, 3.63) is 58.8 Å². The van der Waals surface area contributed by atoms with E-state index in [2.05, 4.69) is 15.5 Å². The number of morpholine rings is 1. The minimum absolute atomic E-state index is 0. The van der Waals surface area contributed by atoms with Gasteiger partial charge in [-0.1, -0.05) is 12.1 Å². The van der Waals surface area contributed by atoms with E-state index in [1.807, 2.05) is 39.0 Å². The van der Waals surface area contributed by atoms with Gasteiger partial charge in [-0.3, -0.25) is 4.90 Å². The Labute approximate surface area is 195 Å². The first-order valence-corrected chi connectivity index (χ1v) is 10.2. The molecule has 1 fully saturated rings. The molecule has 1 saturated heterocycles. The molecule has 0 aliphatic carbocycles. The second kappa shape index (κ2) is 12.3. The van der Waals surface area contributed by atoms with Crippen LogP contribution in [0, 0.1) is 19.7 Å². The van der Waals surface area contributed by atoms with Crippen LogP contribution in [0.1, 0.15) is 35.6 Å². The molecule has 0 saturated carbocycles. The molecule has 1 aliphatic rings. The van der Waals surface area contributed by atoms with Gasteiger partial charge in [0.1, 0.15) is 17.3 Å². The van der Waals surface area contributed by atoms with Crippen molar-refractivity contribution < 1.29 is 13.5 Å². The third-order valence-electron chi connectivity index (χ3n) is 5.10. The quantitative estimate of drug-likeness (QED) is 0.324. The number of halogens is 2. The minimum atomic E-state index is -0.219. The Hall–Kier alpha value is -1.65. The van der Waals surface area contributed by atoms with E-state index in [9.17, 15) is 4.39 Å². The van der Waals surface area contributed by atoms with Gasteiger partial charge in [0.2, 0.25) is 0 Å². The highest BCUT2D eigenvalue weighted by atomic mass is 127. The van der Waals surface area contributed by atoms with Crippen LogP contribution in [-0.4, -0.2) is 50.3 Å². The largest absolute Gasteiger partial charge is 0.466 e. The maximum atomic E-state index is 13.4. The summed E-state index contributed by atoms with van der Waals surface area (Å²) in [6.45, 7) is 11.1. The highest BCUT2D eigenvalue weighted by Gasteiger charge is 2.23. The van der Waals surface area contributed by atoms with E-state index in [0.717, 1.165) is 48.2 Å². The number of nitrogens with zero attached hydrogens (tertiary/aromatic N) is 2. The summed E-state index contributed by atoms with van der Waals surface area (Å²) in [4.78, 5) is 7.09. The number of benzene rings is 1. The predicted molar refractivity (Wildman–Crippen MR) is 128 cm³/mol. The van der Waals surface area contributed by atoms with Gasteiger partial charge >= 0.3 is 0 Å². The topological polar surface area (TPSA) is 62.0 Å². The van der Waals surface area contributed by atoms with Gasteiger partial charge in [-0.15, -0.1) is 24.0 Å². The molecule has 1 aliphatic heterocycles. The molecule has 1 unspecified atom stereocenters. The molecule has 0 radical (unpaired) electrons. The lowest BCUT2D eigenvalue weighted by Crippen LogP contribution is -2.46. The van der Waals surface area contributed by atoms with Gasteiger partial charge in [0, 0.05) is 31.7 Å². The number of furan rings is 1. The molecule has 2 N–H and O–H groups in total. The van der Waals surface area contributed by atoms with Gasteiger partial charge in [-0.05, 0) is 44.5 Å². The Bertz CT molecular complexity index is 804. The highest BCUT2D eigenvalue weighted by molar-refractivity contribution is 14.0.